The van der Waals surface area contributed by atoms with Crippen LogP contribution in [0.1, 0.15) is 17.7 Å². The van der Waals surface area contributed by atoms with Crippen LogP contribution in [0.15, 0.2) is 39.0 Å². The lowest BCUT2D eigenvalue weighted by molar-refractivity contribution is -0.121. The number of H-pyrrole nitrogens is 2. The maximum Gasteiger partial charge on any atom is 0.342 e. The van der Waals surface area contributed by atoms with Crippen molar-refractivity contribution >= 4 is 34.7 Å². The Labute approximate surface area is 138 Å². The summed E-state index contributed by atoms with van der Waals surface area (Å²) in [5.41, 5.74) is 2.08. The number of amides is 1. The smallest absolute Gasteiger partial charge is 0.273 e. The standard InChI is InChI=1S/C13H12IN5O3/c14-9-4-2-1-3-8(9)7-15-18-11(20)6-5-10-12(21)16-13(22)19-17-10/h1-4,7H,5-6H2,(H,18,20)(H2,16,19,21,22). The van der Waals surface area contributed by atoms with Gasteiger partial charge in [0.25, 0.3) is 5.56 Å². The first-order valence-corrected chi connectivity index (χ1v) is 7.38. The molecule has 1 amide bonds. The molecule has 0 aliphatic rings. The van der Waals surface area contributed by atoms with Gasteiger partial charge in [0.1, 0.15) is 5.69 Å². The van der Waals surface area contributed by atoms with Gasteiger partial charge in [0.2, 0.25) is 5.91 Å². The molecule has 0 fully saturated rings. The van der Waals surface area contributed by atoms with E-state index in [1.54, 1.807) is 6.21 Å². The first-order valence-electron chi connectivity index (χ1n) is 6.30. The molecule has 1 aromatic heterocycles. The van der Waals surface area contributed by atoms with Gasteiger partial charge in [-0.05, 0) is 28.7 Å². The molecular formula is C13H12IN5O3. The average molecular weight is 413 g/mol. The van der Waals surface area contributed by atoms with E-state index in [-0.39, 0.29) is 24.4 Å². The lowest BCUT2D eigenvalue weighted by Gasteiger charge is -2.00. The van der Waals surface area contributed by atoms with E-state index in [1.807, 2.05) is 29.2 Å². The van der Waals surface area contributed by atoms with Gasteiger partial charge in [-0.2, -0.15) is 10.2 Å². The van der Waals surface area contributed by atoms with E-state index in [0.717, 1.165) is 9.13 Å². The molecule has 9 heteroatoms. The van der Waals surface area contributed by atoms with Crippen molar-refractivity contribution in [3.8, 4) is 0 Å². The van der Waals surface area contributed by atoms with Gasteiger partial charge >= 0.3 is 5.69 Å². The molecule has 0 saturated carbocycles. The number of hydrazone groups is 1. The van der Waals surface area contributed by atoms with Gasteiger partial charge in [0, 0.05) is 22.0 Å². The first-order chi connectivity index (χ1) is 10.6. The van der Waals surface area contributed by atoms with Crippen molar-refractivity contribution in [1.82, 2.24) is 20.6 Å². The minimum absolute atomic E-state index is 0.0331. The number of aromatic nitrogens is 3. The summed E-state index contributed by atoms with van der Waals surface area (Å²) in [6, 6.07) is 7.59. The Morgan fingerprint density at radius 1 is 1.36 bits per heavy atom. The van der Waals surface area contributed by atoms with Crippen LogP contribution in [0, 0.1) is 3.57 Å². The second-order valence-corrected chi connectivity index (χ2v) is 5.43. The van der Waals surface area contributed by atoms with Gasteiger partial charge in [-0.1, -0.05) is 18.2 Å². The summed E-state index contributed by atoms with van der Waals surface area (Å²) < 4.78 is 1.02. The maximum absolute atomic E-state index is 11.6. The van der Waals surface area contributed by atoms with Gasteiger partial charge in [-0.15, -0.1) is 0 Å². The molecule has 0 saturated heterocycles. The highest BCUT2D eigenvalue weighted by Crippen LogP contribution is 2.08. The zero-order chi connectivity index (χ0) is 15.9. The molecule has 8 nitrogen and oxygen atoms in total. The quantitative estimate of drug-likeness (QED) is 0.367. The molecule has 114 valence electrons. The van der Waals surface area contributed by atoms with Gasteiger partial charge in [0.05, 0.1) is 6.21 Å². The number of carbonyl (C=O) groups is 1. The number of carbonyl (C=O) groups excluding carboxylic acids is 1. The molecule has 0 atom stereocenters. The van der Waals surface area contributed by atoms with E-state index < -0.39 is 11.2 Å². The van der Waals surface area contributed by atoms with Gasteiger partial charge in [0.15, 0.2) is 0 Å². The Balaban J connectivity index is 1.87. The number of hydrogen-bond donors (Lipinski definition) is 3. The van der Waals surface area contributed by atoms with Crippen LogP contribution >= 0.6 is 22.6 Å². The molecule has 1 aromatic carbocycles. The monoisotopic (exact) mass is 413 g/mol. The van der Waals surface area contributed by atoms with E-state index in [4.69, 9.17) is 0 Å². The number of aromatic amines is 2. The molecule has 0 aliphatic carbocycles. The van der Waals surface area contributed by atoms with E-state index in [1.165, 1.54) is 0 Å². The summed E-state index contributed by atoms with van der Waals surface area (Å²) in [7, 11) is 0. The highest BCUT2D eigenvalue weighted by molar-refractivity contribution is 14.1. The molecular weight excluding hydrogens is 401 g/mol. The normalized spacial score (nSPS) is 10.8. The van der Waals surface area contributed by atoms with Crippen molar-refractivity contribution in [2.75, 3.05) is 0 Å². The summed E-state index contributed by atoms with van der Waals surface area (Å²) in [6.45, 7) is 0. The number of benzene rings is 1. The fourth-order valence-corrected chi connectivity index (χ4v) is 2.11. The second kappa shape index (κ2) is 7.64. The number of nitrogens with one attached hydrogen (secondary N) is 3. The second-order valence-electron chi connectivity index (χ2n) is 4.27. The van der Waals surface area contributed by atoms with Gasteiger partial charge in [-0.3, -0.25) is 14.6 Å². The Hall–Kier alpha value is -2.30. The van der Waals surface area contributed by atoms with Crippen LogP contribution in [0.25, 0.3) is 0 Å². The fraction of sp³-hybridized carbons (Fsp3) is 0.154. The van der Waals surface area contributed by atoms with Crippen LogP contribution in [-0.4, -0.2) is 27.3 Å². The molecule has 2 rings (SSSR count). The Morgan fingerprint density at radius 2 is 2.14 bits per heavy atom. The zero-order valence-corrected chi connectivity index (χ0v) is 13.5. The number of nitrogens with zero attached hydrogens (tertiary/aromatic N) is 2. The van der Waals surface area contributed by atoms with Crippen molar-refractivity contribution in [1.29, 1.82) is 0 Å². The van der Waals surface area contributed by atoms with E-state index >= 15 is 0 Å². The predicted octanol–water partition coefficient (Wildman–Crippen LogP) is 0.146. The van der Waals surface area contributed by atoms with Gasteiger partial charge < -0.3 is 0 Å². The van der Waals surface area contributed by atoms with Crippen molar-refractivity contribution in [3.05, 3.63) is 59.9 Å². The molecule has 0 unspecified atom stereocenters. The summed E-state index contributed by atoms with van der Waals surface area (Å²) in [4.78, 5) is 35.9. The minimum atomic E-state index is -0.680. The van der Waals surface area contributed by atoms with Crippen LogP contribution in [0.3, 0.4) is 0 Å². The molecule has 0 radical (unpaired) electrons. The lowest BCUT2D eigenvalue weighted by Crippen LogP contribution is -2.28. The van der Waals surface area contributed by atoms with Crippen LogP contribution in [0.2, 0.25) is 0 Å². The minimum Gasteiger partial charge on any atom is -0.273 e. The summed E-state index contributed by atoms with van der Waals surface area (Å²) in [6.07, 6.45) is 1.69. The number of halogens is 1. The molecule has 0 aliphatic heterocycles. The summed E-state index contributed by atoms with van der Waals surface area (Å²) >= 11 is 2.17. The molecule has 0 spiro atoms. The van der Waals surface area contributed by atoms with E-state index in [9.17, 15) is 14.4 Å². The lowest BCUT2D eigenvalue weighted by atomic mass is 10.2. The SMILES string of the molecule is O=C(CCc1n[nH]c(=O)[nH]c1=O)NN=Cc1ccccc1I. The third-order valence-corrected chi connectivity index (χ3v) is 3.65. The molecule has 2 aromatic rings. The maximum atomic E-state index is 11.6. The van der Waals surface area contributed by atoms with Crippen molar-refractivity contribution in [3.63, 3.8) is 0 Å². The third kappa shape index (κ3) is 4.62. The fourth-order valence-electron chi connectivity index (χ4n) is 1.58. The highest BCUT2D eigenvalue weighted by atomic mass is 127. The number of hydrogen-bond acceptors (Lipinski definition) is 5. The number of aryl methyl sites for hydroxylation is 1. The summed E-state index contributed by atoms with van der Waals surface area (Å²) in [5, 5.41) is 9.56. The zero-order valence-electron chi connectivity index (χ0n) is 11.3. The largest absolute Gasteiger partial charge is 0.342 e. The molecule has 1 heterocycles. The third-order valence-electron chi connectivity index (χ3n) is 2.67. The summed E-state index contributed by atoms with van der Waals surface area (Å²) in [5.74, 6) is -0.352. The van der Waals surface area contributed by atoms with E-state index in [2.05, 4.69) is 43.3 Å². The van der Waals surface area contributed by atoms with E-state index in [0.29, 0.717) is 0 Å². The average Bonchev–Trinajstić information content (AvgIpc) is 2.48. The first kappa shape index (κ1) is 16.1. The predicted molar refractivity (Wildman–Crippen MR) is 88.7 cm³/mol. The molecule has 3 N–H and O–H groups in total. The molecule has 22 heavy (non-hydrogen) atoms. The Morgan fingerprint density at radius 3 is 2.86 bits per heavy atom. The topological polar surface area (TPSA) is 120 Å². The van der Waals surface area contributed by atoms with Crippen molar-refractivity contribution in [2.45, 2.75) is 12.8 Å². The van der Waals surface area contributed by atoms with Crippen LogP contribution in [-0.2, 0) is 11.2 Å². The Bertz CT molecular complexity index is 812. The van der Waals surface area contributed by atoms with Crippen molar-refractivity contribution in [2.24, 2.45) is 5.10 Å². The van der Waals surface area contributed by atoms with Crippen LogP contribution in [0.5, 0.6) is 0 Å². The number of rotatable bonds is 5. The van der Waals surface area contributed by atoms with Crippen LogP contribution < -0.4 is 16.7 Å². The highest BCUT2D eigenvalue weighted by Gasteiger charge is 2.06. The van der Waals surface area contributed by atoms with Gasteiger partial charge in [-0.25, -0.2) is 15.3 Å². The Kier molecular flexibility index (Phi) is 5.58. The molecule has 0 bridgehead atoms. The van der Waals surface area contributed by atoms with Crippen LogP contribution in [0.4, 0.5) is 0 Å². The van der Waals surface area contributed by atoms with Crippen molar-refractivity contribution < 1.29 is 4.79 Å².